The number of carbonyl (C=O) groups is 1. The van der Waals surface area contributed by atoms with Gasteiger partial charge in [0.05, 0.1) is 5.33 Å². The fraction of sp³-hybridized carbons (Fsp3) is 0.182. The number of halogens is 1. The number of hydrogen-bond acceptors (Lipinski definition) is 2. The molecule has 2 nitrogen and oxygen atoms in total. The Morgan fingerprint density at radius 3 is 2.57 bits per heavy atom. The van der Waals surface area contributed by atoms with E-state index in [0.717, 1.165) is 5.56 Å². The Balaban J connectivity index is 2.73. The highest BCUT2D eigenvalue weighted by Crippen LogP contribution is 2.11. The van der Waals surface area contributed by atoms with E-state index in [1.54, 1.807) is 12.1 Å². The Bertz CT molecular complexity index is 371. The lowest BCUT2D eigenvalue weighted by atomic mass is 10.2. The van der Waals surface area contributed by atoms with E-state index >= 15 is 0 Å². The number of esters is 1. The number of ether oxygens (including phenoxy) is 1. The van der Waals surface area contributed by atoms with Gasteiger partial charge in [-0.2, -0.15) is 0 Å². The molecule has 0 atom stereocenters. The third kappa shape index (κ3) is 3.63. The summed E-state index contributed by atoms with van der Waals surface area (Å²) in [4.78, 5) is 10.6. The first-order chi connectivity index (χ1) is 6.72. The summed E-state index contributed by atoms with van der Waals surface area (Å²) in [5, 5.41) is 0.651. The van der Waals surface area contributed by atoms with Crippen LogP contribution < -0.4 is 4.74 Å². The lowest BCUT2D eigenvalue weighted by molar-refractivity contribution is -0.131. The molecule has 0 aliphatic heterocycles. The molecule has 0 N–H and O–H groups in total. The fourth-order valence-corrected chi connectivity index (χ4v) is 1.05. The molecule has 0 saturated heterocycles. The van der Waals surface area contributed by atoms with E-state index < -0.39 is 0 Å². The van der Waals surface area contributed by atoms with Gasteiger partial charge in [-0.15, -0.1) is 0 Å². The maximum absolute atomic E-state index is 10.6. The summed E-state index contributed by atoms with van der Waals surface area (Å²) in [6.45, 7) is 1.37. The van der Waals surface area contributed by atoms with Crippen LogP contribution in [0.2, 0.25) is 0 Å². The zero-order valence-corrected chi connectivity index (χ0v) is 9.30. The molecule has 1 rings (SSSR count). The van der Waals surface area contributed by atoms with Crippen molar-refractivity contribution in [3.05, 3.63) is 29.8 Å². The Labute approximate surface area is 91.4 Å². The van der Waals surface area contributed by atoms with Crippen LogP contribution in [0.3, 0.4) is 0 Å². The van der Waals surface area contributed by atoms with Crippen LogP contribution in [0.1, 0.15) is 12.5 Å². The van der Waals surface area contributed by atoms with Gasteiger partial charge >= 0.3 is 5.97 Å². The van der Waals surface area contributed by atoms with E-state index in [2.05, 4.69) is 27.8 Å². The summed E-state index contributed by atoms with van der Waals surface area (Å²) in [7, 11) is 0. The first kappa shape index (κ1) is 10.8. The second kappa shape index (κ2) is 5.46. The molecule has 1 aromatic rings. The Morgan fingerprint density at radius 1 is 1.43 bits per heavy atom. The first-order valence-electron chi connectivity index (χ1n) is 4.05. The van der Waals surface area contributed by atoms with E-state index in [-0.39, 0.29) is 5.97 Å². The topological polar surface area (TPSA) is 26.3 Å². The SMILES string of the molecule is CC(=O)Oc1ccc(C#CCBr)cc1. The van der Waals surface area contributed by atoms with Crippen molar-refractivity contribution in [2.75, 3.05) is 5.33 Å². The second-order valence-corrected chi connectivity index (χ2v) is 3.11. The molecule has 0 saturated carbocycles. The average Bonchev–Trinajstić information content (AvgIpc) is 2.16. The van der Waals surface area contributed by atoms with Crippen LogP contribution in [0.5, 0.6) is 5.75 Å². The molecule has 14 heavy (non-hydrogen) atoms. The van der Waals surface area contributed by atoms with Crippen LogP contribution in [0, 0.1) is 11.8 Å². The molecule has 0 radical (unpaired) electrons. The predicted molar refractivity (Wildman–Crippen MR) is 58.4 cm³/mol. The Morgan fingerprint density at radius 2 is 2.07 bits per heavy atom. The van der Waals surface area contributed by atoms with Crippen molar-refractivity contribution in [2.45, 2.75) is 6.92 Å². The minimum atomic E-state index is -0.315. The van der Waals surface area contributed by atoms with Gasteiger partial charge in [0, 0.05) is 12.5 Å². The van der Waals surface area contributed by atoms with Gasteiger partial charge in [0.1, 0.15) is 5.75 Å². The van der Waals surface area contributed by atoms with Gasteiger partial charge in [-0.3, -0.25) is 4.79 Å². The Hall–Kier alpha value is -1.27. The van der Waals surface area contributed by atoms with Crippen molar-refractivity contribution in [3.63, 3.8) is 0 Å². The van der Waals surface area contributed by atoms with Crippen LogP contribution in [0.4, 0.5) is 0 Å². The van der Waals surface area contributed by atoms with Crippen molar-refractivity contribution in [1.82, 2.24) is 0 Å². The van der Waals surface area contributed by atoms with Crippen LogP contribution in [0.15, 0.2) is 24.3 Å². The molecule has 0 bridgehead atoms. The monoisotopic (exact) mass is 252 g/mol. The highest BCUT2D eigenvalue weighted by Gasteiger charge is 1.96. The third-order valence-corrected chi connectivity index (χ3v) is 1.70. The van der Waals surface area contributed by atoms with Gasteiger partial charge in [-0.05, 0) is 24.3 Å². The van der Waals surface area contributed by atoms with Gasteiger partial charge in [0.15, 0.2) is 0 Å². The number of benzene rings is 1. The van der Waals surface area contributed by atoms with Crippen molar-refractivity contribution in [2.24, 2.45) is 0 Å². The molecule has 0 heterocycles. The third-order valence-electron chi connectivity index (χ3n) is 1.42. The molecule has 3 heteroatoms. The van der Waals surface area contributed by atoms with Crippen LogP contribution in [0.25, 0.3) is 0 Å². The summed E-state index contributed by atoms with van der Waals surface area (Å²) in [6.07, 6.45) is 0. The summed E-state index contributed by atoms with van der Waals surface area (Å²) >= 11 is 3.21. The molecule has 0 aromatic heterocycles. The highest BCUT2D eigenvalue weighted by atomic mass is 79.9. The molecular weight excluding hydrogens is 244 g/mol. The normalized spacial score (nSPS) is 8.71. The predicted octanol–water partition coefficient (Wildman–Crippen LogP) is 2.36. The van der Waals surface area contributed by atoms with Gasteiger partial charge in [-0.25, -0.2) is 0 Å². The lowest BCUT2D eigenvalue weighted by Crippen LogP contribution is -2.00. The molecule has 72 valence electrons. The lowest BCUT2D eigenvalue weighted by Gasteiger charge is -1.99. The minimum Gasteiger partial charge on any atom is -0.427 e. The van der Waals surface area contributed by atoms with Crippen LogP contribution in [-0.4, -0.2) is 11.3 Å². The van der Waals surface area contributed by atoms with Crippen LogP contribution in [-0.2, 0) is 4.79 Å². The van der Waals surface area contributed by atoms with Crippen LogP contribution >= 0.6 is 15.9 Å². The zero-order valence-electron chi connectivity index (χ0n) is 7.71. The number of hydrogen-bond donors (Lipinski definition) is 0. The minimum absolute atomic E-state index is 0.315. The molecule has 1 aromatic carbocycles. The molecule has 0 aliphatic carbocycles. The van der Waals surface area contributed by atoms with E-state index in [1.807, 2.05) is 12.1 Å². The Kier molecular flexibility index (Phi) is 4.21. The smallest absolute Gasteiger partial charge is 0.308 e. The maximum atomic E-state index is 10.6. The first-order valence-corrected chi connectivity index (χ1v) is 5.18. The number of rotatable bonds is 1. The summed E-state index contributed by atoms with van der Waals surface area (Å²) in [5.41, 5.74) is 0.903. The van der Waals surface area contributed by atoms with E-state index in [9.17, 15) is 4.79 Å². The maximum Gasteiger partial charge on any atom is 0.308 e. The highest BCUT2D eigenvalue weighted by molar-refractivity contribution is 9.09. The summed E-state index contributed by atoms with van der Waals surface area (Å²) < 4.78 is 4.88. The number of alkyl halides is 1. The summed E-state index contributed by atoms with van der Waals surface area (Å²) in [5.74, 6) is 6.05. The number of carbonyl (C=O) groups excluding carboxylic acids is 1. The largest absolute Gasteiger partial charge is 0.427 e. The quantitative estimate of drug-likeness (QED) is 0.332. The molecular formula is C11H9BrO2. The van der Waals surface area contributed by atoms with Gasteiger partial charge in [0.2, 0.25) is 0 Å². The molecule has 0 aliphatic rings. The molecule has 0 spiro atoms. The second-order valence-electron chi connectivity index (χ2n) is 2.55. The van der Waals surface area contributed by atoms with Crippen molar-refractivity contribution in [3.8, 4) is 17.6 Å². The zero-order chi connectivity index (χ0) is 10.4. The average molecular weight is 253 g/mol. The van der Waals surface area contributed by atoms with Crippen molar-refractivity contribution in [1.29, 1.82) is 0 Å². The van der Waals surface area contributed by atoms with Crippen molar-refractivity contribution < 1.29 is 9.53 Å². The molecule has 0 fully saturated rings. The standard InChI is InChI=1S/C11H9BrO2/c1-9(13)14-11-6-4-10(5-7-11)3-2-8-12/h4-7H,8H2,1H3. The van der Waals surface area contributed by atoms with E-state index in [4.69, 9.17) is 4.74 Å². The van der Waals surface area contributed by atoms with Gasteiger partial charge in [0.25, 0.3) is 0 Å². The van der Waals surface area contributed by atoms with E-state index in [1.165, 1.54) is 6.92 Å². The van der Waals surface area contributed by atoms with Gasteiger partial charge in [-0.1, -0.05) is 27.8 Å². The fourth-order valence-electron chi connectivity index (χ4n) is 0.908. The molecule has 0 unspecified atom stereocenters. The molecule has 0 amide bonds. The van der Waals surface area contributed by atoms with E-state index in [0.29, 0.717) is 11.1 Å². The van der Waals surface area contributed by atoms with Gasteiger partial charge < -0.3 is 4.74 Å². The summed E-state index contributed by atoms with van der Waals surface area (Å²) in [6, 6.07) is 7.07. The van der Waals surface area contributed by atoms with Crippen molar-refractivity contribution >= 4 is 21.9 Å².